The molecule has 0 spiro atoms. The minimum absolute atomic E-state index is 0.369. The van der Waals surface area contributed by atoms with Crippen LogP contribution < -0.4 is 4.74 Å². The van der Waals surface area contributed by atoms with Crippen LogP contribution >= 0.6 is 11.3 Å². The van der Waals surface area contributed by atoms with Gasteiger partial charge in [-0.2, -0.15) is 0 Å². The number of aromatic nitrogens is 2. The first-order valence-corrected chi connectivity index (χ1v) is 9.42. The third-order valence-electron chi connectivity index (χ3n) is 4.67. The van der Waals surface area contributed by atoms with Crippen molar-refractivity contribution >= 4 is 11.3 Å². The second kappa shape index (κ2) is 7.37. The fourth-order valence-electron chi connectivity index (χ4n) is 3.23. The highest BCUT2D eigenvalue weighted by Crippen LogP contribution is 2.31. The first-order chi connectivity index (χ1) is 12.3. The Balaban J connectivity index is 1.33. The molecule has 3 heterocycles. The molecule has 0 unspecified atom stereocenters. The van der Waals surface area contributed by atoms with Gasteiger partial charge in [-0.15, -0.1) is 21.5 Å². The van der Waals surface area contributed by atoms with Crippen molar-refractivity contribution in [1.29, 1.82) is 0 Å². The van der Waals surface area contributed by atoms with Gasteiger partial charge >= 0.3 is 0 Å². The number of hydrogen-bond donors (Lipinski definition) is 0. The summed E-state index contributed by atoms with van der Waals surface area (Å²) in [6, 6.07) is 12.3. The van der Waals surface area contributed by atoms with Gasteiger partial charge in [-0.05, 0) is 55.1 Å². The Bertz CT molecular complexity index is 790. The maximum Gasteiger partial charge on any atom is 0.257 e. The molecule has 6 heteroatoms. The van der Waals surface area contributed by atoms with Crippen LogP contribution in [-0.2, 0) is 6.54 Å². The molecule has 1 aliphatic heterocycles. The van der Waals surface area contributed by atoms with Gasteiger partial charge in [0, 0.05) is 12.5 Å². The van der Waals surface area contributed by atoms with E-state index in [2.05, 4.69) is 27.2 Å². The summed E-state index contributed by atoms with van der Waals surface area (Å²) >= 11 is 1.63. The van der Waals surface area contributed by atoms with Crippen molar-refractivity contribution in [1.82, 2.24) is 15.1 Å². The fourth-order valence-corrected chi connectivity index (χ4v) is 3.87. The van der Waals surface area contributed by atoms with Crippen molar-refractivity contribution in [2.45, 2.75) is 25.3 Å². The smallest absolute Gasteiger partial charge is 0.257 e. The molecular formula is C19H21N3O2S. The quantitative estimate of drug-likeness (QED) is 0.687. The van der Waals surface area contributed by atoms with Gasteiger partial charge in [0.15, 0.2) is 0 Å². The molecule has 130 valence electrons. The van der Waals surface area contributed by atoms with Crippen molar-refractivity contribution in [3.05, 3.63) is 53.2 Å². The zero-order valence-corrected chi connectivity index (χ0v) is 15.0. The van der Waals surface area contributed by atoms with Crippen LogP contribution in [0.15, 0.2) is 46.2 Å². The Morgan fingerprint density at radius 1 is 1.16 bits per heavy atom. The van der Waals surface area contributed by atoms with E-state index in [0.717, 1.165) is 49.0 Å². The highest BCUT2D eigenvalue weighted by Gasteiger charge is 2.25. The summed E-state index contributed by atoms with van der Waals surface area (Å²) < 4.78 is 11.1. The summed E-state index contributed by atoms with van der Waals surface area (Å²) in [5.74, 6) is 2.70. The van der Waals surface area contributed by atoms with E-state index in [1.807, 2.05) is 29.6 Å². The first-order valence-electron chi connectivity index (χ1n) is 8.54. The Kier molecular flexibility index (Phi) is 4.81. The van der Waals surface area contributed by atoms with Gasteiger partial charge in [0.25, 0.3) is 5.89 Å². The van der Waals surface area contributed by atoms with E-state index in [1.165, 1.54) is 5.56 Å². The van der Waals surface area contributed by atoms with Crippen LogP contribution in [0, 0.1) is 0 Å². The van der Waals surface area contributed by atoms with Crippen molar-refractivity contribution in [3.63, 3.8) is 0 Å². The molecule has 4 rings (SSSR count). The highest BCUT2D eigenvalue weighted by atomic mass is 32.1. The summed E-state index contributed by atoms with van der Waals surface area (Å²) in [4.78, 5) is 3.52. The van der Waals surface area contributed by atoms with Gasteiger partial charge in [0.1, 0.15) is 5.75 Å². The molecule has 5 nitrogen and oxygen atoms in total. The SMILES string of the molecule is COc1ccc(CN2CCC(c3nnc(-c4cccs4)o3)CC2)cc1. The second-order valence-electron chi connectivity index (χ2n) is 6.32. The highest BCUT2D eigenvalue weighted by molar-refractivity contribution is 7.13. The number of benzene rings is 1. The maximum absolute atomic E-state index is 5.90. The number of thiophene rings is 1. The molecule has 0 saturated carbocycles. The molecule has 0 N–H and O–H groups in total. The number of rotatable bonds is 5. The number of hydrogen-bond acceptors (Lipinski definition) is 6. The van der Waals surface area contributed by atoms with Crippen molar-refractivity contribution in [3.8, 4) is 16.5 Å². The second-order valence-corrected chi connectivity index (χ2v) is 7.27. The van der Waals surface area contributed by atoms with Crippen LogP contribution in [0.3, 0.4) is 0 Å². The molecule has 0 bridgehead atoms. The molecule has 1 fully saturated rings. The lowest BCUT2D eigenvalue weighted by atomic mass is 9.96. The van der Waals surface area contributed by atoms with Crippen LogP contribution in [0.2, 0.25) is 0 Å². The molecule has 1 saturated heterocycles. The van der Waals surface area contributed by atoms with Gasteiger partial charge in [-0.3, -0.25) is 4.90 Å². The monoisotopic (exact) mass is 355 g/mol. The molecule has 0 atom stereocenters. The van der Waals surface area contributed by atoms with Crippen LogP contribution in [-0.4, -0.2) is 35.3 Å². The molecular weight excluding hydrogens is 334 g/mol. The minimum Gasteiger partial charge on any atom is -0.497 e. The fraction of sp³-hybridized carbons (Fsp3) is 0.368. The molecule has 2 aromatic heterocycles. The normalized spacial score (nSPS) is 16.2. The summed E-state index contributed by atoms with van der Waals surface area (Å²) in [5.41, 5.74) is 1.32. The van der Waals surface area contributed by atoms with E-state index in [4.69, 9.17) is 9.15 Å². The molecule has 3 aromatic rings. The van der Waals surface area contributed by atoms with Gasteiger partial charge < -0.3 is 9.15 Å². The van der Waals surface area contributed by atoms with Crippen molar-refractivity contribution in [2.75, 3.05) is 20.2 Å². The van der Waals surface area contributed by atoms with Crippen LogP contribution in [0.5, 0.6) is 5.75 Å². The number of nitrogens with zero attached hydrogens (tertiary/aromatic N) is 3. The number of piperidine rings is 1. The topological polar surface area (TPSA) is 51.4 Å². The van der Waals surface area contributed by atoms with Gasteiger partial charge in [-0.1, -0.05) is 18.2 Å². The van der Waals surface area contributed by atoms with E-state index in [-0.39, 0.29) is 0 Å². The molecule has 0 radical (unpaired) electrons. The van der Waals surface area contributed by atoms with Gasteiger partial charge in [-0.25, -0.2) is 0 Å². The third-order valence-corrected chi connectivity index (χ3v) is 5.53. The summed E-state index contributed by atoms with van der Waals surface area (Å²) in [7, 11) is 1.70. The minimum atomic E-state index is 0.369. The van der Waals surface area contributed by atoms with Crippen molar-refractivity contribution < 1.29 is 9.15 Å². The van der Waals surface area contributed by atoms with Crippen LogP contribution in [0.4, 0.5) is 0 Å². The Hall–Kier alpha value is -2.18. The summed E-state index contributed by atoms with van der Waals surface area (Å²) in [6.45, 7) is 3.07. The number of methoxy groups -OCH3 is 1. The zero-order valence-electron chi connectivity index (χ0n) is 14.2. The average Bonchev–Trinajstić information content (AvgIpc) is 3.35. The molecule has 25 heavy (non-hydrogen) atoms. The Morgan fingerprint density at radius 2 is 1.96 bits per heavy atom. The third kappa shape index (κ3) is 3.75. The average molecular weight is 355 g/mol. The van der Waals surface area contributed by atoms with Crippen LogP contribution in [0.25, 0.3) is 10.8 Å². The van der Waals surface area contributed by atoms with Crippen LogP contribution in [0.1, 0.15) is 30.2 Å². The largest absolute Gasteiger partial charge is 0.497 e. The van der Waals surface area contributed by atoms with Crippen molar-refractivity contribution in [2.24, 2.45) is 0 Å². The van der Waals surface area contributed by atoms with E-state index in [1.54, 1.807) is 18.4 Å². The Morgan fingerprint density at radius 3 is 2.64 bits per heavy atom. The summed E-state index contributed by atoms with van der Waals surface area (Å²) in [5, 5.41) is 10.5. The lowest BCUT2D eigenvalue weighted by Crippen LogP contribution is -2.32. The van der Waals surface area contributed by atoms with E-state index >= 15 is 0 Å². The molecule has 1 aliphatic rings. The molecule has 0 amide bonds. The van der Waals surface area contributed by atoms with E-state index < -0.39 is 0 Å². The maximum atomic E-state index is 5.90. The first kappa shape index (κ1) is 16.3. The predicted molar refractivity (Wildman–Crippen MR) is 97.9 cm³/mol. The van der Waals surface area contributed by atoms with E-state index in [9.17, 15) is 0 Å². The zero-order chi connectivity index (χ0) is 17.1. The number of ether oxygens (including phenoxy) is 1. The van der Waals surface area contributed by atoms with Gasteiger partial charge in [0.2, 0.25) is 5.89 Å². The number of likely N-dealkylation sites (tertiary alicyclic amines) is 1. The lowest BCUT2D eigenvalue weighted by molar-refractivity contribution is 0.193. The lowest BCUT2D eigenvalue weighted by Gasteiger charge is -2.30. The molecule has 1 aromatic carbocycles. The van der Waals surface area contributed by atoms with E-state index in [0.29, 0.717) is 11.8 Å². The standard InChI is InChI=1S/C19H21N3O2S/c1-23-16-6-4-14(5-7-16)13-22-10-8-15(9-11-22)18-20-21-19(24-18)17-3-2-12-25-17/h2-7,12,15H,8-11,13H2,1H3. The summed E-state index contributed by atoms with van der Waals surface area (Å²) in [6.07, 6.45) is 2.12. The molecule has 0 aliphatic carbocycles. The van der Waals surface area contributed by atoms with Gasteiger partial charge in [0.05, 0.1) is 12.0 Å². The predicted octanol–water partition coefficient (Wildman–Crippen LogP) is 4.19. The Labute approximate surface area is 151 Å².